The predicted octanol–water partition coefficient (Wildman–Crippen LogP) is 6.19. The van der Waals surface area contributed by atoms with Gasteiger partial charge in [0.1, 0.15) is 0 Å². The minimum atomic E-state index is -4.39. The number of rotatable bonds is 8. The Hall–Kier alpha value is -0.430. The van der Waals surface area contributed by atoms with Crippen LogP contribution in [0.4, 0.5) is 0 Å². The molecule has 2 unspecified atom stereocenters. The molecule has 4 aliphatic rings. The number of fused-ring (bicyclic) bond motifs is 5. The Balaban J connectivity index is 1.45. The number of aliphatic hydroxyl groups is 1. The van der Waals surface area contributed by atoms with Gasteiger partial charge in [0.2, 0.25) is 0 Å². The van der Waals surface area contributed by atoms with E-state index in [2.05, 4.69) is 33.8 Å². The number of hydrogen-bond acceptors (Lipinski definition) is 4. The van der Waals surface area contributed by atoms with E-state index in [9.17, 15) is 13.5 Å². The molecule has 3 saturated carbocycles. The summed E-state index contributed by atoms with van der Waals surface area (Å²) >= 11 is 0. The fourth-order valence-corrected chi connectivity index (χ4v) is 9.45. The highest BCUT2D eigenvalue weighted by atomic mass is 32.3. The Morgan fingerprint density at radius 1 is 1.09 bits per heavy atom. The molecule has 5 nitrogen and oxygen atoms in total. The molecule has 0 aliphatic heterocycles. The van der Waals surface area contributed by atoms with Gasteiger partial charge >= 0.3 is 10.4 Å². The Bertz CT molecular complexity index is 837. The van der Waals surface area contributed by atoms with Crippen LogP contribution in [0.15, 0.2) is 11.6 Å². The third-order valence-electron chi connectivity index (χ3n) is 10.7. The average Bonchev–Trinajstić information content (AvgIpc) is 3.10. The lowest BCUT2D eigenvalue weighted by atomic mass is 9.47. The lowest BCUT2D eigenvalue weighted by molar-refractivity contribution is -0.0560. The first-order valence-corrected chi connectivity index (χ1v) is 14.8. The van der Waals surface area contributed by atoms with Crippen molar-refractivity contribution in [1.29, 1.82) is 0 Å². The van der Waals surface area contributed by atoms with Crippen LogP contribution in [0.5, 0.6) is 0 Å². The molecule has 0 aromatic rings. The van der Waals surface area contributed by atoms with Crippen LogP contribution >= 0.6 is 0 Å². The SMILES string of the molecule is CC(CO)CCC[C@@H](C)[C@H]1CC[C@H]2[C@@H]3CC=C4CC(OS(=O)(=O)O)CC[C@]4(C)[C@H]3CC[C@]12C. The first-order valence-electron chi connectivity index (χ1n) is 13.4. The molecule has 0 spiro atoms. The monoisotopic (exact) mass is 482 g/mol. The third-order valence-corrected chi connectivity index (χ3v) is 11.3. The van der Waals surface area contributed by atoms with Crippen LogP contribution in [0.25, 0.3) is 0 Å². The fraction of sp³-hybridized carbons (Fsp3) is 0.926. The molecule has 0 saturated heterocycles. The molecule has 0 amide bonds. The second-order valence-corrected chi connectivity index (χ2v) is 13.6. The second-order valence-electron chi connectivity index (χ2n) is 12.6. The first kappa shape index (κ1) is 25.7. The van der Waals surface area contributed by atoms with Gasteiger partial charge in [0.05, 0.1) is 6.10 Å². The van der Waals surface area contributed by atoms with Crippen LogP contribution in [0, 0.1) is 46.3 Å². The molecule has 0 bridgehead atoms. The van der Waals surface area contributed by atoms with E-state index in [4.69, 9.17) is 8.74 Å². The second kappa shape index (κ2) is 9.55. The minimum absolute atomic E-state index is 0.146. The van der Waals surface area contributed by atoms with Crippen molar-refractivity contribution < 1.29 is 22.3 Å². The third kappa shape index (κ3) is 4.96. The molecule has 0 aromatic heterocycles. The van der Waals surface area contributed by atoms with E-state index in [0.29, 0.717) is 36.7 Å². The molecule has 4 rings (SSSR count). The quantitative estimate of drug-likeness (QED) is 0.318. The van der Waals surface area contributed by atoms with E-state index in [0.717, 1.165) is 42.9 Å². The summed E-state index contributed by atoms with van der Waals surface area (Å²) in [5.74, 6) is 4.19. The smallest absolute Gasteiger partial charge is 0.396 e. The van der Waals surface area contributed by atoms with Gasteiger partial charge in [-0.25, -0.2) is 4.18 Å². The standard InChI is InChI=1S/C27H46O5S/c1-18(17-28)6-5-7-19(2)23-10-11-24-22-9-8-20-16-21(32-33(29,30)31)12-14-26(20,3)25(22)13-15-27(23,24)4/h8,18-19,21-25,28H,5-7,9-17H2,1-4H3,(H,29,30,31)/t18?,19-,21?,22+,23-,24+,25+,26+,27-/m1/s1. The van der Waals surface area contributed by atoms with Crippen LogP contribution in [0.3, 0.4) is 0 Å². The van der Waals surface area contributed by atoms with Gasteiger partial charge in [-0.05, 0) is 104 Å². The molecule has 4 aliphatic carbocycles. The van der Waals surface area contributed by atoms with Crippen LogP contribution in [-0.2, 0) is 14.6 Å². The average molecular weight is 483 g/mol. The van der Waals surface area contributed by atoms with Gasteiger partial charge in [-0.15, -0.1) is 0 Å². The summed E-state index contributed by atoms with van der Waals surface area (Å²) in [5, 5.41) is 9.33. The highest BCUT2D eigenvalue weighted by Crippen LogP contribution is 2.67. The number of hydrogen-bond donors (Lipinski definition) is 2. The van der Waals surface area contributed by atoms with Gasteiger partial charge in [-0.2, -0.15) is 8.42 Å². The summed E-state index contributed by atoms with van der Waals surface area (Å²) in [7, 11) is -4.39. The van der Waals surface area contributed by atoms with Gasteiger partial charge < -0.3 is 5.11 Å². The molecule has 2 N–H and O–H groups in total. The molecule has 190 valence electrons. The zero-order valence-electron chi connectivity index (χ0n) is 21.1. The highest BCUT2D eigenvalue weighted by Gasteiger charge is 2.59. The van der Waals surface area contributed by atoms with Gasteiger partial charge in [-0.1, -0.05) is 52.2 Å². The summed E-state index contributed by atoms with van der Waals surface area (Å²) in [5.41, 5.74) is 1.96. The maximum absolute atomic E-state index is 11.2. The number of allylic oxidation sites excluding steroid dienone is 1. The summed E-state index contributed by atoms with van der Waals surface area (Å²) in [4.78, 5) is 0. The van der Waals surface area contributed by atoms with E-state index >= 15 is 0 Å². The largest absolute Gasteiger partial charge is 0.397 e. The Labute approximate surface area is 201 Å². The number of aliphatic hydroxyl groups excluding tert-OH is 1. The van der Waals surface area contributed by atoms with E-state index in [1.54, 1.807) is 0 Å². The van der Waals surface area contributed by atoms with E-state index in [1.165, 1.54) is 44.1 Å². The van der Waals surface area contributed by atoms with E-state index in [1.807, 2.05) is 0 Å². The molecular formula is C27H46O5S. The molecule has 0 heterocycles. The normalized spacial score (nSPS) is 42.6. The zero-order valence-corrected chi connectivity index (χ0v) is 21.9. The Morgan fingerprint density at radius 2 is 1.85 bits per heavy atom. The Kier molecular flexibility index (Phi) is 7.43. The van der Waals surface area contributed by atoms with Crippen LogP contribution < -0.4 is 0 Å². The van der Waals surface area contributed by atoms with Crippen molar-refractivity contribution in [3.8, 4) is 0 Å². The Morgan fingerprint density at radius 3 is 2.55 bits per heavy atom. The van der Waals surface area contributed by atoms with Crippen LogP contribution in [0.2, 0.25) is 0 Å². The predicted molar refractivity (Wildman–Crippen MR) is 131 cm³/mol. The van der Waals surface area contributed by atoms with Crippen molar-refractivity contribution in [1.82, 2.24) is 0 Å². The lowest BCUT2D eigenvalue weighted by Crippen LogP contribution is -2.51. The van der Waals surface area contributed by atoms with Crippen molar-refractivity contribution in [3.63, 3.8) is 0 Å². The maximum Gasteiger partial charge on any atom is 0.397 e. The summed E-state index contributed by atoms with van der Waals surface area (Å²) < 4.78 is 36.6. The molecule has 3 fully saturated rings. The summed E-state index contributed by atoms with van der Waals surface area (Å²) in [6, 6.07) is 0. The molecule has 0 aromatic carbocycles. The van der Waals surface area contributed by atoms with E-state index in [-0.39, 0.29) is 5.41 Å². The lowest BCUT2D eigenvalue weighted by Gasteiger charge is -2.58. The maximum atomic E-state index is 11.2. The molecule has 9 atom stereocenters. The molecular weight excluding hydrogens is 436 g/mol. The zero-order chi connectivity index (χ0) is 24.0. The molecule has 0 radical (unpaired) electrons. The highest BCUT2D eigenvalue weighted by molar-refractivity contribution is 7.80. The minimum Gasteiger partial charge on any atom is -0.396 e. The van der Waals surface area contributed by atoms with Crippen LogP contribution in [-0.4, -0.2) is 30.8 Å². The van der Waals surface area contributed by atoms with Gasteiger partial charge in [-0.3, -0.25) is 4.55 Å². The van der Waals surface area contributed by atoms with Crippen molar-refractivity contribution >= 4 is 10.4 Å². The van der Waals surface area contributed by atoms with Crippen LogP contribution in [0.1, 0.15) is 98.3 Å². The topological polar surface area (TPSA) is 83.8 Å². The van der Waals surface area contributed by atoms with Crippen molar-refractivity contribution in [2.75, 3.05) is 6.61 Å². The summed E-state index contributed by atoms with van der Waals surface area (Å²) in [6.45, 7) is 9.94. The summed E-state index contributed by atoms with van der Waals surface area (Å²) in [6.07, 6.45) is 14.3. The molecule has 33 heavy (non-hydrogen) atoms. The van der Waals surface area contributed by atoms with E-state index < -0.39 is 16.5 Å². The van der Waals surface area contributed by atoms with Gasteiger partial charge in [0.15, 0.2) is 0 Å². The van der Waals surface area contributed by atoms with Crippen molar-refractivity contribution in [2.45, 2.75) is 104 Å². The van der Waals surface area contributed by atoms with Gasteiger partial charge in [0, 0.05) is 6.61 Å². The van der Waals surface area contributed by atoms with Crippen molar-refractivity contribution in [2.24, 2.45) is 46.3 Å². The fourth-order valence-electron chi connectivity index (χ4n) is 8.94. The molecule has 6 heteroatoms. The first-order chi connectivity index (χ1) is 15.5. The van der Waals surface area contributed by atoms with Gasteiger partial charge in [0.25, 0.3) is 0 Å². The van der Waals surface area contributed by atoms with Crippen molar-refractivity contribution in [3.05, 3.63) is 11.6 Å².